The van der Waals surface area contributed by atoms with Crippen LogP contribution >= 0.6 is 11.3 Å². The Kier molecular flexibility index (Phi) is 4.61. The Morgan fingerprint density at radius 3 is 2.71 bits per heavy atom. The highest BCUT2D eigenvalue weighted by Gasteiger charge is 2.19. The summed E-state index contributed by atoms with van der Waals surface area (Å²) in [6.07, 6.45) is 6.15. The quantitative estimate of drug-likeness (QED) is 0.866. The van der Waals surface area contributed by atoms with E-state index in [-0.39, 0.29) is 0 Å². The molecule has 21 heavy (non-hydrogen) atoms. The van der Waals surface area contributed by atoms with Gasteiger partial charge in [-0.3, -0.25) is 0 Å². The van der Waals surface area contributed by atoms with Gasteiger partial charge < -0.3 is 10.1 Å². The molecule has 0 radical (unpaired) electrons. The minimum absolute atomic E-state index is 0.475. The zero-order valence-electron chi connectivity index (χ0n) is 12.8. The maximum absolute atomic E-state index is 5.21. The standard InChI is InChI=1S/C18H23NOS/c1-19-16(18-12-14-4-3-5-17(14)21-18)11-8-13-6-9-15(20-2)10-7-13/h6-7,9-10,12,16,19H,3-5,8,11H2,1-2H3. The summed E-state index contributed by atoms with van der Waals surface area (Å²) in [6, 6.07) is 11.3. The van der Waals surface area contributed by atoms with Gasteiger partial charge in [0.15, 0.2) is 0 Å². The summed E-state index contributed by atoms with van der Waals surface area (Å²) in [6.45, 7) is 0. The van der Waals surface area contributed by atoms with E-state index in [0.29, 0.717) is 6.04 Å². The number of benzene rings is 1. The molecule has 1 N–H and O–H groups in total. The Morgan fingerprint density at radius 1 is 1.24 bits per heavy atom. The lowest BCUT2D eigenvalue weighted by molar-refractivity contribution is 0.414. The molecular formula is C18H23NOS. The lowest BCUT2D eigenvalue weighted by atomic mass is 10.0. The molecule has 1 aliphatic carbocycles. The van der Waals surface area contributed by atoms with Crippen LogP contribution < -0.4 is 10.1 Å². The predicted molar refractivity (Wildman–Crippen MR) is 89.5 cm³/mol. The minimum Gasteiger partial charge on any atom is -0.497 e. The first-order valence-electron chi connectivity index (χ1n) is 7.72. The summed E-state index contributed by atoms with van der Waals surface area (Å²) in [5, 5.41) is 3.49. The number of nitrogens with one attached hydrogen (secondary N) is 1. The van der Waals surface area contributed by atoms with E-state index >= 15 is 0 Å². The van der Waals surface area contributed by atoms with Crippen molar-refractivity contribution >= 4 is 11.3 Å². The molecule has 1 aromatic carbocycles. The van der Waals surface area contributed by atoms with Crippen LogP contribution in [-0.2, 0) is 19.3 Å². The predicted octanol–water partition coefficient (Wildman–Crippen LogP) is 4.14. The molecule has 0 saturated carbocycles. The molecule has 1 heterocycles. The molecule has 0 bridgehead atoms. The molecule has 0 spiro atoms. The first kappa shape index (κ1) is 14.6. The smallest absolute Gasteiger partial charge is 0.118 e. The second-order valence-electron chi connectivity index (χ2n) is 5.68. The third-order valence-corrected chi connectivity index (χ3v) is 5.69. The van der Waals surface area contributed by atoms with Crippen molar-refractivity contribution in [2.24, 2.45) is 0 Å². The molecule has 2 nitrogen and oxygen atoms in total. The molecule has 0 saturated heterocycles. The summed E-state index contributed by atoms with van der Waals surface area (Å²) < 4.78 is 5.21. The van der Waals surface area contributed by atoms with Gasteiger partial charge in [0.05, 0.1) is 7.11 Å². The zero-order valence-corrected chi connectivity index (χ0v) is 13.6. The van der Waals surface area contributed by atoms with Crippen LogP contribution in [0.1, 0.15) is 39.8 Å². The Labute approximate surface area is 131 Å². The fourth-order valence-corrected chi connectivity index (χ4v) is 4.46. The molecule has 0 aliphatic heterocycles. The lowest BCUT2D eigenvalue weighted by Gasteiger charge is -2.14. The summed E-state index contributed by atoms with van der Waals surface area (Å²) >= 11 is 2.01. The first-order chi connectivity index (χ1) is 10.3. The number of hydrogen-bond acceptors (Lipinski definition) is 3. The third-order valence-electron chi connectivity index (χ3n) is 4.34. The topological polar surface area (TPSA) is 21.3 Å². The van der Waals surface area contributed by atoms with Gasteiger partial charge in [0.2, 0.25) is 0 Å². The van der Waals surface area contributed by atoms with Crippen LogP contribution in [-0.4, -0.2) is 14.2 Å². The lowest BCUT2D eigenvalue weighted by Crippen LogP contribution is -2.16. The Hall–Kier alpha value is -1.32. The van der Waals surface area contributed by atoms with Crippen LogP contribution in [0.4, 0.5) is 0 Å². The van der Waals surface area contributed by atoms with Gasteiger partial charge >= 0.3 is 0 Å². The number of fused-ring (bicyclic) bond motifs is 1. The highest BCUT2D eigenvalue weighted by Crippen LogP contribution is 2.35. The molecule has 0 fully saturated rings. The molecule has 0 amide bonds. The highest BCUT2D eigenvalue weighted by atomic mass is 32.1. The maximum Gasteiger partial charge on any atom is 0.118 e. The van der Waals surface area contributed by atoms with E-state index < -0.39 is 0 Å². The summed E-state index contributed by atoms with van der Waals surface area (Å²) in [5.74, 6) is 0.929. The van der Waals surface area contributed by atoms with E-state index in [9.17, 15) is 0 Å². The van der Waals surface area contributed by atoms with Gasteiger partial charge in [-0.15, -0.1) is 11.3 Å². The van der Waals surface area contributed by atoms with E-state index in [0.717, 1.165) is 18.6 Å². The highest BCUT2D eigenvalue weighted by molar-refractivity contribution is 7.12. The largest absolute Gasteiger partial charge is 0.497 e. The second-order valence-corrected chi connectivity index (χ2v) is 6.85. The van der Waals surface area contributed by atoms with Gasteiger partial charge in [0.25, 0.3) is 0 Å². The van der Waals surface area contributed by atoms with Gasteiger partial charge in [-0.05, 0) is 68.5 Å². The average Bonchev–Trinajstić information content (AvgIpc) is 3.10. The van der Waals surface area contributed by atoms with Crippen molar-refractivity contribution < 1.29 is 4.74 Å². The number of aryl methyl sites for hydroxylation is 3. The van der Waals surface area contributed by atoms with Gasteiger partial charge in [-0.2, -0.15) is 0 Å². The van der Waals surface area contributed by atoms with E-state index in [1.165, 1.54) is 29.7 Å². The molecule has 1 aromatic heterocycles. The summed E-state index contributed by atoms with van der Waals surface area (Å²) in [7, 11) is 3.78. The summed E-state index contributed by atoms with van der Waals surface area (Å²) in [5.41, 5.74) is 2.97. The monoisotopic (exact) mass is 301 g/mol. The van der Waals surface area contributed by atoms with Crippen LogP contribution in [0, 0.1) is 0 Å². The van der Waals surface area contributed by atoms with Gasteiger partial charge in [-0.1, -0.05) is 12.1 Å². The number of thiophene rings is 1. The molecule has 1 aliphatic rings. The van der Waals surface area contributed by atoms with Crippen molar-refractivity contribution in [1.29, 1.82) is 0 Å². The van der Waals surface area contributed by atoms with E-state index in [1.54, 1.807) is 17.6 Å². The molecule has 1 atom stereocenters. The molecule has 112 valence electrons. The van der Waals surface area contributed by atoms with Crippen molar-refractivity contribution in [1.82, 2.24) is 5.32 Å². The normalized spacial score (nSPS) is 15.0. The van der Waals surface area contributed by atoms with Gasteiger partial charge in [0.1, 0.15) is 5.75 Å². The van der Waals surface area contributed by atoms with Crippen molar-refractivity contribution in [2.45, 2.75) is 38.1 Å². The molecule has 2 aromatic rings. The van der Waals surface area contributed by atoms with Crippen LogP contribution in [0.25, 0.3) is 0 Å². The van der Waals surface area contributed by atoms with Crippen LogP contribution in [0.3, 0.4) is 0 Å². The summed E-state index contributed by atoms with van der Waals surface area (Å²) in [4.78, 5) is 3.13. The second kappa shape index (κ2) is 6.63. The zero-order chi connectivity index (χ0) is 14.7. The SMILES string of the molecule is CNC(CCc1ccc(OC)cc1)c1cc2c(s1)CCC2. The molecular weight excluding hydrogens is 278 g/mol. The number of hydrogen-bond donors (Lipinski definition) is 1. The van der Waals surface area contributed by atoms with Gasteiger partial charge in [0, 0.05) is 15.8 Å². The molecule has 1 unspecified atom stereocenters. The van der Waals surface area contributed by atoms with Crippen molar-refractivity contribution in [3.63, 3.8) is 0 Å². The van der Waals surface area contributed by atoms with Crippen LogP contribution in [0.5, 0.6) is 5.75 Å². The van der Waals surface area contributed by atoms with Crippen molar-refractivity contribution in [3.8, 4) is 5.75 Å². The van der Waals surface area contributed by atoms with Crippen LogP contribution in [0.15, 0.2) is 30.3 Å². The number of ether oxygens (including phenoxy) is 1. The fraction of sp³-hybridized carbons (Fsp3) is 0.444. The van der Waals surface area contributed by atoms with E-state index in [4.69, 9.17) is 4.74 Å². The van der Waals surface area contributed by atoms with Crippen molar-refractivity contribution in [2.75, 3.05) is 14.2 Å². The number of rotatable bonds is 6. The van der Waals surface area contributed by atoms with E-state index in [1.807, 2.05) is 23.5 Å². The molecule has 3 rings (SSSR count). The Morgan fingerprint density at radius 2 is 2.05 bits per heavy atom. The minimum atomic E-state index is 0.475. The first-order valence-corrected chi connectivity index (χ1v) is 8.53. The van der Waals surface area contributed by atoms with Gasteiger partial charge in [-0.25, -0.2) is 0 Å². The third kappa shape index (κ3) is 3.30. The van der Waals surface area contributed by atoms with Crippen LogP contribution in [0.2, 0.25) is 0 Å². The van der Waals surface area contributed by atoms with Crippen molar-refractivity contribution in [3.05, 3.63) is 51.2 Å². The average molecular weight is 301 g/mol. The Bertz CT molecular complexity index is 566. The number of methoxy groups -OCH3 is 1. The maximum atomic E-state index is 5.21. The Balaban J connectivity index is 1.63. The van der Waals surface area contributed by atoms with E-state index in [2.05, 4.69) is 30.6 Å². The molecule has 3 heteroatoms. The fourth-order valence-electron chi connectivity index (χ4n) is 3.06.